The molecular formula is C15H28N3+. The van der Waals surface area contributed by atoms with Crippen LogP contribution in [0, 0.1) is 0 Å². The average molecular weight is 250 g/mol. The van der Waals surface area contributed by atoms with Crippen molar-refractivity contribution in [3.05, 3.63) is 18.5 Å². The normalized spacial score (nSPS) is 10.8. The lowest BCUT2D eigenvalue weighted by molar-refractivity contribution is -0.733. The highest BCUT2D eigenvalue weighted by atomic mass is 15.5. The van der Waals surface area contributed by atoms with E-state index in [0.29, 0.717) is 0 Å². The summed E-state index contributed by atoms with van der Waals surface area (Å²) in [5.74, 6) is 0. The number of hydrogen-bond acceptors (Lipinski definition) is 1. The Hall–Kier alpha value is -1.12. The van der Waals surface area contributed by atoms with Gasteiger partial charge in [-0.15, -0.1) is 9.36 Å². The van der Waals surface area contributed by atoms with E-state index in [2.05, 4.69) is 24.9 Å². The van der Waals surface area contributed by atoms with Gasteiger partial charge >= 0.3 is 0 Å². The number of rotatable bonds is 10. The highest BCUT2D eigenvalue weighted by Gasteiger charge is 2.08. The summed E-state index contributed by atoms with van der Waals surface area (Å²) in [6.45, 7) is 7.07. The molecule has 0 saturated heterocycles. The first kappa shape index (κ1) is 14.9. The third-order valence-electron chi connectivity index (χ3n) is 3.35. The molecule has 1 heterocycles. The molecule has 102 valence electrons. The van der Waals surface area contributed by atoms with Gasteiger partial charge in [-0.2, -0.15) is 0 Å². The van der Waals surface area contributed by atoms with Crippen molar-refractivity contribution >= 4 is 6.08 Å². The zero-order chi connectivity index (χ0) is 13.2. The SMILES string of the molecule is C=Cc1cn(CCCCCCCCCC)n[n+]1C. The summed E-state index contributed by atoms with van der Waals surface area (Å²) in [7, 11) is 1.96. The van der Waals surface area contributed by atoms with Crippen molar-refractivity contribution in [1.29, 1.82) is 0 Å². The predicted molar refractivity (Wildman–Crippen MR) is 76.1 cm³/mol. The Kier molecular flexibility index (Phi) is 7.38. The molecule has 1 aromatic rings. The molecule has 3 nitrogen and oxygen atoms in total. The molecule has 0 radical (unpaired) electrons. The highest BCUT2D eigenvalue weighted by molar-refractivity contribution is 5.35. The molecule has 0 aliphatic carbocycles. The first-order valence-electron chi connectivity index (χ1n) is 7.34. The van der Waals surface area contributed by atoms with E-state index in [1.54, 1.807) is 0 Å². The molecule has 0 fully saturated rings. The summed E-state index contributed by atoms with van der Waals surface area (Å²) in [4.78, 5) is 0. The van der Waals surface area contributed by atoms with Crippen molar-refractivity contribution in [3.8, 4) is 0 Å². The largest absolute Gasteiger partial charge is 0.189 e. The minimum atomic E-state index is 1.02. The Morgan fingerprint density at radius 3 is 2.33 bits per heavy atom. The maximum Gasteiger partial charge on any atom is 0.189 e. The molecule has 1 aromatic heterocycles. The Morgan fingerprint density at radius 1 is 1.17 bits per heavy atom. The first-order valence-corrected chi connectivity index (χ1v) is 7.34. The van der Waals surface area contributed by atoms with Crippen molar-refractivity contribution in [2.45, 2.75) is 64.8 Å². The molecule has 0 saturated carbocycles. The van der Waals surface area contributed by atoms with E-state index in [9.17, 15) is 0 Å². The molecule has 0 unspecified atom stereocenters. The first-order chi connectivity index (χ1) is 8.77. The van der Waals surface area contributed by atoms with Gasteiger partial charge in [-0.3, -0.25) is 0 Å². The zero-order valence-electron chi connectivity index (χ0n) is 12.1. The minimum Gasteiger partial charge on any atom is -0.137 e. The van der Waals surface area contributed by atoms with Crippen LogP contribution in [0.15, 0.2) is 12.8 Å². The second-order valence-electron chi connectivity index (χ2n) is 5.01. The number of hydrogen-bond donors (Lipinski definition) is 0. The maximum atomic E-state index is 4.40. The highest BCUT2D eigenvalue weighted by Crippen LogP contribution is 2.08. The van der Waals surface area contributed by atoms with E-state index in [-0.39, 0.29) is 0 Å². The van der Waals surface area contributed by atoms with Gasteiger partial charge in [-0.05, 0) is 18.9 Å². The van der Waals surface area contributed by atoms with Gasteiger partial charge in [0.2, 0.25) is 0 Å². The van der Waals surface area contributed by atoms with Crippen molar-refractivity contribution in [2.75, 3.05) is 0 Å². The van der Waals surface area contributed by atoms with Gasteiger partial charge in [-0.25, -0.2) is 0 Å². The van der Waals surface area contributed by atoms with Crippen LogP contribution in [0.1, 0.15) is 64.0 Å². The molecule has 0 atom stereocenters. The third-order valence-corrected chi connectivity index (χ3v) is 3.35. The summed E-state index contributed by atoms with van der Waals surface area (Å²) < 4.78 is 3.89. The van der Waals surface area contributed by atoms with Crippen LogP contribution in [0.2, 0.25) is 0 Å². The fraction of sp³-hybridized carbons (Fsp3) is 0.733. The molecule has 0 spiro atoms. The Bertz CT molecular complexity index is 342. The van der Waals surface area contributed by atoms with Crippen LogP contribution in [0.3, 0.4) is 0 Å². The van der Waals surface area contributed by atoms with Crippen LogP contribution in [0.25, 0.3) is 6.08 Å². The summed E-state index contributed by atoms with van der Waals surface area (Å²) in [6.07, 6.45) is 14.8. The summed E-state index contributed by atoms with van der Waals surface area (Å²) in [5, 5.41) is 4.40. The zero-order valence-corrected chi connectivity index (χ0v) is 12.1. The van der Waals surface area contributed by atoms with Crippen LogP contribution in [-0.2, 0) is 13.6 Å². The van der Waals surface area contributed by atoms with Gasteiger partial charge in [-0.1, -0.05) is 52.0 Å². The minimum absolute atomic E-state index is 1.02. The maximum absolute atomic E-state index is 4.40. The summed E-state index contributed by atoms with van der Waals surface area (Å²) in [6, 6.07) is 0. The number of aromatic nitrogens is 3. The van der Waals surface area contributed by atoms with Crippen LogP contribution < -0.4 is 4.68 Å². The van der Waals surface area contributed by atoms with E-state index in [4.69, 9.17) is 0 Å². The van der Waals surface area contributed by atoms with Gasteiger partial charge < -0.3 is 0 Å². The molecule has 1 rings (SSSR count). The molecule has 18 heavy (non-hydrogen) atoms. The van der Waals surface area contributed by atoms with Crippen molar-refractivity contribution in [3.63, 3.8) is 0 Å². The Labute approximate surface area is 111 Å². The van der Waals surface area contributed by atoms with E-state index >= 15 is 0 Å². The molecule has 0 aliphatic rings. The lowest BCUT2D eigenvalue weighted by atomic mass is 10.1. The van der Waals surface area contributed by atoms with Crippen molar-refractivity contribution in [2.24, 2.45) is 7.05 Å². The monoisotopic (exact) mass is 250 g/mol. The van der Waals surface area contributed by atoms with E-state index < -0.39 is 0 Å². The van der Waals surface area contributed by atoms with Crippen LogP contribution >= 0.6 is 0 Å². The molecule has 3 heteroatoms. The van der Waals surface area contributed by atoms with Crippen molar-refractivity contribution < 1.29 is 4.68 Å². The molecular weight excluding hydrogens is 222 g/mol. The second kappa shape index (κ2) is 8.90. The summed E-state index contributed by atoms with van der Waals surface area (Å²) >= 11 is 0. The van der Waals surface area contributed by atoms with Gasteiger partial charge in [0.05, 0.1) is 5.21 Å². The molecule has 0 N–H and O–H groups in total. The molecule has 0 amide bonds. The lowest BCUT2D eigenvalue weighted by Gasteiger charge is -1.99. The van der Waals surface area contributed by atoms with E-state index in [0.717, 1.165) is 12.2 Å². The fourth-order valence-electron chi connectivity index (χ4n) is 2.19. The Balaban J connectivity index is 2.05. The van der Waals surface area contributed by atoms with Crippen molar-refractivity contribution in [1.82, 2.24) is 9.90 Å². The van der Waals surface area contributed by atoms with E-state index in [1.807, 2.05) is 22.5 Å². The average Bonchev–Trinajstić information content (AvgIpc) is 2.73. The van der Waals surface area contributed by atoms with Gasteiger partial charge in [0.15, 0.2) is 11.9 Å². The standard InChI is InChI=1S/C15H28N3/c1-4-6-7-8-9-10-11-12-13-18-14-15(5-2)17(3)16-18/h5,14H,2,4,6-13H2,1,3H3/q+1. The number of unbranched alkanes of at least 4 members (excludes halogenated alkanes) is 7. The second-order valence-corrected chi connectivity index (χ2v) is 5.01. The van der Waals surface area contributed by atoms with Gasteiger partial charge in [0.25, 0.3) is 0 Å². The Morgan fingerprint density at radius 2 is 1.78 bits per heavy atom. The van der Waals surface area contributed by atoms with Gasteiger partial charge in [0, 0.05) is 0 Å². The van der Waals surface area contributed by atoms with Crippen LogP contribution in [0.4, 0.5) is 0 Å². The topological polar surface area (TPSA) is 21.7 Å². The van der Waals surface area contributed by atoms with Crippen LogP contribution in [-0.4, -0.2) is 9.90 Å². The smallest absolute Gasteiger partial charge is 0.137 e. The van der Waals surface area contributed by atoms with Gasteiger partial charge in [0.1, 0.15) is 13.6 Å². The summed E-state index contributed by atoms with van der Waals surface area (Å²) in [5.41, 5.74) is 1.08. The number of nitrogens with zero attached hydrogens (tertiary/aromatic N) is 3. The lowest BCUT2D eigenvalue weighted by Crippen LogP contribution is -2.33. The molecule has 0 aliphatic heterocycles. The molecule has 0 aromatic carbocycles. The van der Waals surface area contributed by atoms with Crippen LogP contribution in [0.5, 0.6) is 0 Å². The van der Waals surface area contributed by atoms with E-state index in [1.165, 1.54) is 51.4 Å². The third kappa shape index (κ3) is 5.48. The fourth-order valence-corrected chi connectivity index (χ4v) is 2.19. The quantitative estimate of drug-likeness (QED) is 0.460. The predicted octanol–water partition coefficient (Wildman–Crippen LogP) is 3.49. The molecule has 0 bridgehead atoms. The number of aryl methyl sites for hydroxylation is 2.